The Hall–Kier alpha value is -0.830. The number of phosphoric ester groups is 1. The lowest BCUT2D eigenvalue weighted by Crippen LogP contribution is -2.16. The van der Waals surface area contributed by atoms with Crippen LogP contribution < -0.4 is 5.73 Å². The molecule has 1 aliphatic heterocycles. The Labute approximate surface area is 173 Å². The highest BCUT2D eigenvalue weighted by molar-refractivity contribution is 7.70. The molecule has 2 aromatic rings. The zero-order chi connectivity index (χ0) is 22.3. The molecule has 0 aromatic carbocycles. The second-order valence-electron chi connectivity index (χ2n) is 5.90. The molecule has 1 fully saturated rings. The summed E-state index contributed by atoms with van der Waals surface area (Å²) >= 11 is 5.81. The van der Waals surface area contributed by atoms with E-state index < -0.39 is 42.8 Å². The molecule has 1 saturated heterocycles. The van der Waals surface area contributed by atoms with Gasteiger partial charge in [0.2, 0.25) is 5.28 Å². The number of rotatable bonds is 8. The minimum absolute atomic E-state index is 0.0809. The van der Waals surface area contributed by atoms with Gasteiger partial charge in [0.15, 0.2) is 11.5 Å². The molecule has 30 heavy (non-hydrogen) atoms. The summed E-state index contributed by atoms with van der Waals surface area (Å²) < 4.78 is 41.7. The highest BCUT2D eigenvalue weighted by Gasteiger charge is 2.55. The van der Waals surface area contributed by atoms with Crippen LogP contribution in [0.4, 0.5) is 5.82 Å². The fourth-order valence-electron chi connectivity index (χ4n) is 2.62. The number of nitrogens with two attached hydrogens (primary N) is 1. The minimum Gasteiger partial charge on any atom is -0.382 e. The number of nitrogen functional groups attached to an aromatic ring is 1. The van der Waals surface area contributed by atoms with Crippen molar-refractivity contribution < 1.29 is 51.5 Å². The molecule has 0 aliphatic carbocycles. The number of imidazole rings is 1. The zero-order valence-electron chi connectivity index (χ0n) is 14.6. The van der Waals surface area contributed by atoms with E-state index in [0.717, 1.165) is 0 Å². The van der Waals surface area contributed by atoms with Crippen molar-refractivity contribution in [3.63, 3.8) is 0 Å². The van der Waals surface area contributed by atoms with Crippen LogP contribution in [0.3, 0.4) is 0 Å². The van der Waals surface area contributed by atoms with Gasteiger partial charge in [-0.25, -0.2) is 14.1 Å². The maximum absolute atomic E-state index is 11.8. The summed E-state index contributed by atoms with van der Waals surface area (Å²) in [5, 5.41) is -0.0876. The van der Waals surface area contributed by atoms with Gasteiger partial charge >= 0.3 is 23.8 Å². The SMILES string of the molecule is Nc1nc(Cl)nc2c1ncn2C1CCC(COP(=O)(O)O[P+](O)(O)OP(=O)(O)O)O1. The number of hydrogen-bond acceptors (Lipinski definition) is 12. The van der Waals surface area contributed by atoms with Gasteiger partial charge in [-0.3, -0.25) is 9.09 Å². The molecule has 3 heterocycles. The van der Waals surface area contributed by atoms with Gasteiger partial charge < -0.3 is 25.2 Å². The number of nitrogens with zero attached hydrogens (tertiary/aromatic N) is 4. The van der Waals surface area contributed by atoms with Gasteiger partial charge in [-0.2, -0.15) is 19.8 Å². The lowest BCUT2D eigenvalue weighted by atomic mass is 10.2. The van der Waals surface area contributed by atoms with Gasteiger partial charge in [-0.05, 0) is 33.1 Å². The molecule has 0 spiro atoms. The maximum atomic E-state index is 11.8. The predicted octanol–water partition coefficient (Wildman–Crippen LogP) is 0.645. The lowest BCUT2D eigenvalue weighted by Gasteiger charge is -2.17. The Morgan fingerprint density at radius 3 is 2.63 bits per heavy atom. The van der Waals surface area contributed by atoms with Crippen molar-refractivity contribution in [2.75, 3.05) is 12.3 Å². The zero-order valence-corrected chi connectivity index (χ0v) is 18.1. The first kappa shape index (κ1) is 23.8. The van der Waals surface area contributed by atoms with Crippen LogP contribution in [0.25, 0.3) is 11.2 Å². The van der Waals surface area contributed by atoms with E-state index in [-0.39, 0.29) is 11.1 Å². The van der Waals surface area contributed by atoms with Crippen LogP contribution in [-0.2, 0) is 27.0 Å². The van der Waals surface area contributed by atoms with Crippen molar-refractivity contribution in [3.05, 3.63) is 11.6 Å². The highest BCUT2D eigenvalue weighted by Crippen LogP contribution is 2.71. The van der Waals surface area contributed by atoms with E-state index in [1.807, 2.05) is 0 Å². The molecule has 16 nitrogen and oxygen atoms in total. The molecule has 168 valence electrons. The molecule has 1 aliphatic rings. The van der Waals surface area contributed by atoms with Gasteiger partial charge in [-0.15, -0.1) is 0 Å². The Kier molecular flexibility index (Phi) is 6.83. The normalized spacial score (nSPS) is 22.5. The molecule has 20 heteroatoms. The van der Waals surface area contributed by atoms with Crippen LogP contribution in [-0.4, -0.2) is 56.7 Å². The topological polar surface area (TPSA) is 242 Å². The monoisotopic (exact) mass is 510 g/mol. The van der Waals surface area contributed by atoms with Crippen molar-refractivity contribution in [1.29, 1.82) is 0 Å². The predicted molar refractivity (Wildman–Crippen MR) is 99.2 cm³/mol. The van der Waals surface area contributed by atoms with E-state index in [9.17, 15) is 23.8 Å². The van der Waals surface area contributed by atoms with Crippen molar-refractivity contribution in [2.24, 2.45) is 0 Å². The van der Waals surface area contributed by atoms with Crippen LogP contribution in [0.1, 0.15) is 19.1 Å². The third-order valence-corrected chi connectivity index (χ3v) is 7.68. The summed E-state index contributed by atoms with van der Waals surface area (Å²) in [6.07, 6.45) is 0.883. The van der Waals surface area contributed by atoms with Gasteiger partial charge in [0, 0.05) is 0 Å². The first-order valence-corrected chi connectivity index (χ1v) is 12.8. The van der Waals surface area contributed by atoms with Gasteiger partial charge in [-0.1, -0.05) is 0 Å². The summed E-state index contributed by atoms with van der Waals surface area (Å²) in [7, 11) is -15.9. The smallest absolute Gasteiger partial charge is 0.382 e. The number of phosphoric acid groups is 2. The molecule has 3 atom stereocenters. The van der Waals surface area contributed by atoms with E-state index in [0.29, 0.717) is 24.0 Å². The van der Waals surface area contributed by atoms with E-state index in [2.05, 4.69) is 28.1 Å². The number of anilines is 1. The molecule has 3 rings (SSSR count). The Bertz CT molecular complexity index is 1030. The third kappa shape index (κ3) is 6.11. The lowest BCUT2D eigenvalue weighted by molar-refractivity contribution is -0.0207. The molecule has 0 amide bonds. The molecular weight excluding hydrogens is 495 g/mol. The van der Waals surface area contributed by atoms with Crippen LogP contribution >= 0.6 is 35.4 Å². The van der Waals surface area contributed by atoms with E-state index in [1.54, 1.807) is 4.57 Å². The van der Waals surface area contributed by atoms with Gasteiger partial charge in [0.05, 0.1) is 19.0 Å². The standard InChI is InChI=1S/C10H15ClN5O11P3/c11-10-14-8(12)7-9(15-10)16(4-13-7)6-2-1-5(25-6)3-24-29(20,21)27-30(22,23)26-28(17,18)19/h4-6,22-23H,1-3H2,(H4-,12,14,15,17,18,19,20,21)/p+1. The van der Waals surface area contributed by atoms with Crippen molar-refractivity contribution >= 4 is 52.4 Å². The Morgan fingerprint density at radius 1 is 1.27 bits per heavy atom. The maximum Gasteiger partial charge on any atom is 0.591 e. The second-order valence-corrected chi connectivity index (χ2v) is 10.7. The molecular formula is C10H16ClN5O11P3+. The van der Waals surface area contributed by atoms with Gasteiger partial charge in [0.1, 0.15) is 11.7 Å². The Morgan fingerprint density at radius 2 is 1.97 bits per heavy atom. The summed E-state index contributed by atoms with van der Waals surface area (Å²) in [6.45, 7) is -0.523. The van der Waals surface area contributed by atoms with Crippen molar-refractivity contribution in [2.45, 2.75) is 25.2 Å². The second kappa shape index (κ2) is 8.60. The number of hydrogen-bond donors (Lipinski definition) is 6. The molecule has 7 N–H and O–H groups in total. The first-order valence-electron chi connectivity index (χ1n) is 7.86. The van der Waals surface area contributed by atoms with E-state index in [1.165, 1.54) is 6.33 Å². The van der Waals surface area contributed by atoms with Crippen molar-refractivity contribution in [1.82, 2.24) is 19.5 Å². The number of aromatic nitrogens is 4. The number of halogens is 1. The fraction of sp³-hybridized carbons (Fsp3) is 0.500. The van der Waals surface area contributed by atoms with Crippen LogP contribution in [0.15, 0.2) is 6.33 Å². The highest BCUT2D eigenvalue weighted by atomic mass is 35.5. The van der Waals surface area contributed by atoms with E-state index in [4.69, 9.17) is 31.9 Å². The third-order valence-electron chi connectivity index (χ3n) is 3.66. The average Bonchev–Trinajstić information content (AvgIpc) is 3.15. The first-order chi connectivity index (χ1) is 13.7. The average molecular weight is 511 g/mol. The number of fused-ring (bicyclic) bond motifs is 1. The number of ether oxygens (including phenoxy) is 1. The van der Waals surface area contributed by atoms with Crippen LogP contribution in [0, 0.1) is 0 Å². The summed E-state index contributed by atoms with van der Waals surface area (Å²) in [5.41, 5.74) is 6.37. The van der Waals surface area contributed by atoms with Gasteiger partial charge in [0.25, 0.3) is 0 Å². The minimum atomic E-state index is -5.40. The molecule has 0 bridgehead atoms. The fourth-order valence-corrected chi connectivity index (χ4v) is 5.91. The van der Waals surface area contributed by atoms with Crippen molar-refractivity contribution in [3.8, 4) is 0 Å². The summed E-state index contributed by atoms with van der Waals surface area (Å²) in [4.78, 5) is 57.0. The molecule has 3 unspecified atom stereocenters. The largest absolute Gasteiger partial charge is 0.591 e. The van der Waals surface area contributed by atoms with E-state index >= 15 is 0 Å². The molecule has 0 radical (unpaired) electrons. The summed E-state index contributed by atoms with van der Waals surface area (Å²) in [5.74, 6) is 0.0809. The quantitative estimate of drug-likeness (QED) is 0.211. The van der Waals surface area contributed by atoms with Crippen LogP contribution in [0.2, 0.25) is 5.28 Å². The summed E-state index contributed by atoms with van der Waals surface area (Å²) in [6, 6.07) is 0. The Balaban J connectivity index is 1.60. The molecule has 0 saturated carbocycles. The van der Waals surface area contributed by atoms with Crippen LogP contribution in [0.5, 0.6) is 0 Å². The molecule has 2 aromatic heterocycles.